The summed E-state index contributed by atoms with van der Waals surface area (Å²) in [6.45, 7) is 8.05. The lowest BCUT2D eigenvalue weighted by molar-refractivity contribution is -0.116. The van der Waals surface area contributed by atoms with E-state index < -0.39 is 5.37 Å². The van der Waals surface area contributed by atoms with Crippen LogP contribution in [0.25, 0.3) is 0 Å². The maximum atomic E-state index is 12.7. The van der Waals surface area contributed by atoms with E-state index in [4.69, 9.17) is 0 Å². The van der Waals surface area contributed by atoms with E-state index >= 15 is 0 Å². The van der Waals surface area contributed by atoms with Gasteiger partial charge in [0.25, 0.3) is 11.1 Å². The molecule has 4 nitrogen and oxygen atoms in total. The van der Waals surface area contributed by atoms with Gasteiger partial charge in [-0.05, 0) is 86.0 Å². The predicted octanol–water partition coefficient (Wildman–Crippen LogP) is 4.56. The van der Waals surface area contributed by atoms with Gasteiger partial charge in [-0.3, -0.25) is 9.59 Å². The van der Waals surface area contributed by atoms with Crippen molar-refractivity contribution in [2.75, 3.05) is 10.2 Å². The molecule has 0 spiro atoms. The average Bonchev–Trinajstić information content (AvgIpc) is 2.80. The molecule has 1 aliphatic rings. The number of hydrogen-bond acceptors (Lipinski definition) is 4. The van der Waals surface area contributed by atoms with Gasteiger partial charge in [0.2, 0.25) is 0 Å². The van der Waals surface area contributed by atoms with E-state index in [1.807, 2.05) is 64.1 Å². The lowest BCUT2D eigenvalue weighted by Crippen LogP contribution is -2.34. The van der Waals surface area contributed by atoms with Crippen LogP contribution in [0.2, 0.25) is 0 Å². The number of hydrogen-bond donors (Lipinski definition) is 1. The number of nitrogens with zero attached hydrogens (tertiary/aromatic N) is 1. The van der Waals surface area contributed by atoms with Crippen LogP contribution in [-0.2, 0) is 4.79 Å². The number of aryl methyl sites for hydroxylation is 4. The standard InChI is InChI=1S/C19H20N2O2S/c1-11-5-7-15(9-13(11)3)20-17-18(22)21(19(23)24-17)16-8-6-12(2)14(4)10-16/h5-10,17,20H,1-4H3. The summed E-state index contributed by atoms with van der Waals surface area (Å²) >= 11 is 1.02. The zero-order chi connectivity index (χ0) is 17.4. The number of benzene rings is 2. The van der Waals surface area contributed by atoms with Crippen molar-refractivity contribution in [2.24, 2.45) is 0 Å². The summed E-state index contributed by atoms with van der Waals surface area (Å²) in [6, 6.07) is 11.6. The van der Waals surface area contributed by atoms with Gasteiger partial charge in [-0.1, -0.05) is 12.1 Å². The fourth-order valence-corrected chi connectivity index (χ4v) is 3.49. The van der Waals surface area contributed by atoms with Gasteiger partial charge in [0.15, 0.2) is 5.37 Å². The quantitative estimate of drug-likeness (QED) is 0.890. The van der Waals surface area contributed by atoms with Crippen LogP contribution in [0.1, 0.15) is 22.3 Å². The largest absolute Gasteiger partial charge is 0.365 e. The summed E-state index contributed by atoms with van der Waals surface area (Å²) in [4.78, 5) is 26.3. The van der Waals surface area contributed by atoms with Crippen LogP contribution in [0.5, 0.6) is 0 Å². The Kier molecular flexibility index (Phi) is 4.37. The molecule has 2 aromatic rings. The summed E-state index contributed by atoms with van der Waals surface area (Å²) < 4.78 is 0. The minimum absolute atomic E-state index is 0.230. The SMILES string of the molecule is Cc1ccc(NC2SC(=O)N(c3ccc(C)c(C)c3)C2=O)cc1C. The number of carbonyl (C=O) groups excluding carboxylic acids is 2. The number of anilines is 2. The van der Waals surface area contributed by atoms with Crippen LogP contribution >= 0.6 is 11.8 Å². The van der Waals surface area contributed by atoms with Crippen LogP contribution in [0, 0.1) is 27.7 Å². The highest BCUT2D eigenvalue weighted by Crippen LogP contribution is 2.33. The number of thioether (sulfide) groups is 1. The molecule has 1 heterocycles. The molecule has 0 radical (unpaired) electrons. The van der Waals surface area contributed by atoms with E-state index in [0.29, 0.717) is 5.69 Å². The van der Waals surface area contributed by atoms with Crippen molar-refractivity contribution in [3.8, 4) is 0 Å². The Labute approximate surface area is 146 Å². The molecule has 3 rings (SSSR count). The smallest absolute Gasteiger partial charge is 0.295 e. The van der Waals surface area contributed by atoms with Gasteiger partial charge in [0.1, 0.15) is 0 Å². The first-order valence-electron chi connectivity index (χ1n) is 7.82. The molecule has 1 aliphatic heterocycles. The van der Waals surface area contributed by atoms with Crippen molar-refractivity contribution < 1.29 is 9.59 Å². The topological polar surface area (TPSA) is 49.4 Å². The molecule has 0 bridgehead atoms. The maximum absolute atomic E-state index is 12.7. The molecule has 24 heavy (non-hydrogen) atoms. The van der Waals surface area contributed by atoms with Gasteiger partial charge < -0.3 is 5.32 Å². The summed E-state index contributed by atoms with van der Waals surface area (Å²) in [6.07, 6.45) is 0. The van der Waals surface area contributed by atoms with Gasteiger partial charge in [0.05, 0.1) is 5.69 Å². The second-order valence-corrected chi connectivity index (χ2v) is 7.21. The fraction of sp³-hybridized carbons (Fsp3) is 0.263. The summed E-state index contributed by atoms with van der Waals surface area (Å²) in [5.74, 6) is -0.230. The summed E-state index contributed by atoms with van der Waals surface area (Å²) in [5, 5.41) is 2.32. The van der Waals surface area contributed by atoms with Crippen LogP contribution in [0.3, 0.4) is 0 Å². The van der Waals surface area contributed by atoms with Crippen molar-refractivity contribution in [3.05, 3.63) is 58.7 Å². The highest BCUT2D eigenvalue weighted by Gasteiger charge is 2.40. The van der Waals surface area contributed by atoms with Crippen LogP contribution in [-0.4, -0.2) is 16.5 Å². The molecule has 1 atom stereocenters. The van der Waals surface area contributed by atoms with Gasteiger partial charge >= 0.3 is 0 Å². The van der Waals surface area contributed by atoms with Gasteiger partial charge in [-0.25, -0.2) is 4.90 Å². The third-order valence-corrected chi connectivity index (χ3v) is 5.34. The van der Waals surface area contributed by atoms with Crippen LogP contribution in [0.15, 0.2) is 36.4 Å². The number of carbonyl (C=O) groups is 2. The van der Waals surface area contributed by atoms with Crippen LogP contribution < -0.4 is 10.2 Å². The Hall–Kier alpha value is -2.27. The normalized spacial score (nSPS) is 17.5. The molecule has 124 valence electrons. The van der Waals surface area contributed by atoms with Crippen LogP contribution in [0.4, 0.5) is 16.2 Å². The Bertz CT molecular complexity index is 832. The molecule has 0 aromatic heterocycles. The zero-order valence-corrected chi connectivity index (χ0v) is 15.0. The molecule has 1 fully saturated rings. The first kappa shape index (κ1) is 16.6. The van der Waals surface area contributed by atoms with Crippen molar-refractivity contribution in [3.63, 3.8) is 0 Å². The number of amides is 2. The maximum Gasteiger partial charge on any atom is 0.295 e. The summed E-state index contributed by atoms with van der Waals surface area (Å²) in [7, 11) is 0. The average molecular weight is 340 g/mol. The first-order chi connectivity index (χ1) is 11.4. The lowest BCUT2D eigenvalue weighted by Gasteiger charge is -2.16. The Morgan fingerprint density at radius 2 is 1.50 bits per heavy atom. The minimum atomic E-state index is -0.596. The van der Waals surface area contributed by atoms with Crippen molar-refractivity contribution in [1.29, 1.82) is 0 Å². The van der Waals surface area contributed by atoms with E-state index in [1.165, 1.54) is 10.5 Å². The Morgan fingerprint density at radius 3 is 2.12 bits per heavy atom. The molecule has 2 amide bonds. The molecule has 2 aromatic carbocycles. The third-order valence-electron chi connectivity index (χ3n) is 4.40. The van der Waals surface area contributed by atoms with Crippen molar-refractivity contribution >= 4 is 34.3 Å². The first-order valence-corrected chi connectivity index (χ1v) is 8.70. The fourth-order valence-electron chi connectivity index (χ4n) is 2.58. The number of nitrogens with one attached hydrogen (secondary N) is 1. The molecule has 1 N–H and O–H groups in total. The molecule has 0 aliphatic carbocycles. The van der Waals surface area contributed by atoms with Gasteiger partial charge in [-0.2, -0.15) is 0 Å². The van der Waals surface area contributed by atoms with Gasteiger partial charge in [0, 0.05) is 5.69 Å². The predicted molar refractivity (Wildman–Crippen MR) is 99.7 cm³/mol. The zero-order valence-electron chi connectivity index (χ0n) is 14.2. The minimum Gasteiger partial charge on any atom is -0.365 e. The highest BCUT2D eigenvalue weighted by molar-refractivity contribution is 8.16. The van der Waals surface area contributed by atoms with Crippen molar-refractivity contribution in [2.45, 2.75) is 33.1 Å². The summed E-state index contributed by atoms with van der Waals surface area (Å²) in [5.41, 5.74) is 6.01. The molecule has 1 unspecified atom stereocenters. The van der Waals surface area contributed by atoms with Gasteiger partial charge in [-0.15, -0.1) is 0 Å². The highest BCUT2D eigenvalue weighted by atomic mass is 32.2. The number of imide groups is 1. The Balaban J connectivity index is 1.83. The van der Waals surface area contributed by atoms with Crippen molar-refractivity contribution in [1.82, 2.24) is 0 Å². The van der Waals surface area contributed by atoms with E-state index in [0.717, 1.165) is 34.1 Å². The Morgan fingerprint density at radius 1 is 0.875 bits per heavy atom. The number of rotatable bonds is 3. The second-order valence-electron chi connectivity index (χ2n) is 6.15. The van der Waals surface area contributed by atoms with E-state index in [2.05, 4.69) is 5.32 Å². The molecular formula is C19H20N2O2S. The van der Waals surface area contributed by atoms with E-state index in [-0.39, 0.29) is 11.1 Å². The van der Waals surface area contributed by atoms with E-state index in [9.17, 15) is 9.59 Å². The van der Waals surface area contributed by atoms with E-state index in [1.54, 1.807) is 0 Å². The monoisotopic (exact) mass is 340 g/mol. The lowest BCUT2D eigenvalue weighted by atomic mass is 10.1. The molecule has 0 saturated carbocycles. The molecule has 1 saturated heterocycles. The molecular weight excluding hydrogens is 320 g/mol. The molecule has 5 heteroatoms. The third kappa shape index (κ3) is 3.04. The second kappa shape index (κ2) is 6.32.